The van der Waals surface area contributed by atoms with Gasteiger partial charge in [-0.1, -0.05) is 32.4 Å². The van der Waals surface area contributed by atoms with Crippen LogP contribution in [0.4, 0.5) is 0 Å². The normalized spacial score (nSPS) is 27.0. The fourth-order valence-electron chi connectivity index (χ4n) is 4.93. The van der Waals surface area contributed by atoms with Gasteiger partial charge >= 0.3 is 0 Å². The fraction of sp³-hybridized carbons (Fsp3) is 0.696. The Morgan fingerprint density at radius 3 is 2.32 bits per heavy atom. The first kappa shape index (κ1) is 20.2. The van der Waals surface area contributed by atoms with Gasteiger partial charge in [-0.3, -0.25) is 4.79 Å². The van der Waals surface area contributed by atoms with Crippen LogP contribution in [0.5, 0.6) is 0 Å². The molecule has 0 aromatic rings. The van der Waals surface area contributed by atoms with Crippen molar-refractivity contribution in [1.82, 2.24) is 0 Å². The van der Waals surface area contributed by atoms with Gasteiger partial charge in [0.15, 0.2) is 5.78 Å². The van der Waals surface area contributed by atoms with E-state index in [1.54, 1.807) is 5.57 Å². The molecule has 2 rings (SSSR count). The summed E-state index contributed by atoms with van der Waals surface area (Å²) >= 11 is 0. The molecule has 1 fully saturated rings. The van der Waals surface area contributed by atoms with E-state index in [1.807, 2.05) is 20.8 Å². The zero-order valence-corrected chi connectivity index (χ0v) is 17.0. The van der Waals surface area contributed by atoms with Crippen molar-refractivity contribution in [2.75, 3.05) is 0 Å². The number of aliphatic hydroxyl groups excluding tert-OH is 1. The molecule has 2 atom stereocenters. The third-order valence-corrected chi connectivity index (χ3v) is 7.08. The fourth-order valence-corrected chi connectivity index (χ4v) is 4.93. The van der Waals surface area contributed by atoms with E-state index >= 15 is 0 Å². The van der Waals surface area contributed by atoms with Crippen molar-refractivity contribution in [1.29, 1.82) is 0 Å². The predicted molar refractivity (Wildman–Crippen MR) is 105 cm³/mol. The molecule has 0 spiro atoms. The highest BCUT2D eigenvalue weighted by atomic mass is 16.3. The van der Waals surface area contributed by atoms with Crippen LogP contribution in [0.25, 0.3) is 0 Å². The maximum absolute atomic E-state index is 12.7. The summed E-state index contributed by atoms with van der Waals surface area (Å²) in [4.78, 5) is 12.7. The standard InChI is InChI=1S/C23H36O2/c1-7-18-11-10-12-19(18)13-14-23(8-2,9-3)20-17(6)21(24)15(4)16(5)22(20)25/h13,18,22,25H,7-12,14H2,1-6H3. The monoisotopic (exact) mass is 344 g/mol. The molecular weight excluding hydrogens is 308 g/mol. The van der Waals surface area contributed by atoms with Gasteiger partial charge in [-0.2, -0.15) is 0 Å². The molecule has 2 unspecified atom stereocenters. The zero-order valence-electron chi connectivity index (χ0n) is 17.0. The van der Waals surface area contributed by atoms with E-state index in [0.29, 0.717) is 0 Å². The molecule has 2 nitrogen and oxygen atoms in total. The Morgan fingerprint density at radius 1 is 1.12 bits per heavy atom. The first-order chi connectivity index (χ1) is 11.8. The van der Waals surface area contributed by atoms with Crippen LogP contribution in [0.15, 0.2) is 33.9 Å². The lowest BCUT2D eigenvalue weighted by Crippen LogP contribution is -2.35. The first-order valence-electron chi connectivity index (χ1n) is 10.1. The lowest BCUT2D eigenvalue weighted by atomic mass is 9.65. The molecule has 0 heterocycles. The van der Waals surface area contributed by atoms with Crippen LogP contribution in [0.3, 0.4) is 0 Å². The number of hydrogen-bond acceptors (Lipinski definition) is 2. The van der Waals surface area contributed by atoms with Gasteiger partial charge in [-0.05, 0) is 99.3 Å². The van der Waals surface area contributed by atoms with Crippen molar-refractivity contribution < 1.29 is 9.90 Å². The molecule has 1 N–H and O–H groups in total. The van der Waals surface area contributed by atoms with Gasteiger partial charge in [0, 0.05) is 0 Å². The van der Waals surface area contributed by atoms with E-state index < -0.39 is 6.10 Å². The maximum atomic E-state index is 12.7. The van der Waals surface area contributed by atoms with Gasteiger partial charge < -0.3 is 5.11 Å². The van der Waals surface area contributed by atoms with E-state index in [-0.39, 0.29) is 11.2 Å². The second-order valence-corrected chi connectivity index (χ2v) is 8.05. The molecule has 0 aromatic heterocycles. The van der Waals surface area contributed by atoms with Crippen LogP contribution in [0.1, 0.15) is 86.5 Å². The van der Waals surface area contributed by atoms with Gasteiger partial charge in [-0.25, -0.2) is 0 Å². The highest BCUT2D eigenvalue weighted by molar-refractivity contribution is 6.10. The first-order valence-corrected chi connectivity index (χ1v) is 10.1. The number of carbonyl (C=O) groups excluding carboxylic acids is 1. The van der Waals surface area contributed by atoms with Crippen molar-refractivity contribution in [3.63, 3.8) is 0 Å². The second-order valence-electron chi connectivity index (χ2n) is 8.05. The quantitative estimate of drug-likeness (QED) is 0.608. The van der Waals surface area contributed by atoms with Crippen molar-refractivity contribution >= 4 is 5.78 Å². The summed E-state index contributed by atoms with van der Waals surface area (Å²) in [6, 6.07) is 0. The van der Waals surface area contributed by atoms with E-state index in [2.05, 4.69) is 26.8 Å². The lowest BCUT2D eigenvalue weighted by molar-refractivity contribution is -0.112. The summed E-state index contributed by atoms with van der Waals surface area (Å²) in [6.45, 7) is 12.3. The molecule has 0 amide bonds. The largest absolute Gasteiger partial charge is 0.384 e. The number of rotatable bonds is 6. The van der Waals surface area contributed by atoms with Gasteiger partial charge in [0.1, 0.15) is 0 Å². The Labute approximate surface area is 154 Å². The molecule has 0 aliphatic heterocycles. The van der Waals surface area contributed by atoms with Crippen molar-refractivity contribution in [3.8, 4) is 0 Å². The Bertz CT molecular complexity index is 614. The summed E-state index contributed by atoms with van der Waals surface area (Å²) in [5.74, 6) is 0.854. The number of ketones is 1. The molecule has 0 aromatic carbocycles. The van der Waals surface area contributed by atoms with Gasteiger partial charge in [0.05, 0.1) is 6.10 Å². The molecule has 0 bridgehead atoms. The minimum atomic E-state index is -0.610. The number of Topliss-reactive ketones (excluding diaryl/α,β-unsaturated/α-hetero) is 1. The molecule has 0 saturated heterocycles. The lowest BCUT2D eigenvalue weighted by Gasteiger charge is -2.40. The molecule has 25 heavy (non-hydrogen) atoms. The van der Waals surface area contributed by atoms with Crippen molar-refractivity contribution in [2.45, 2.75) is 92.6 Å². The summed E-state index contributed by atoms with van der Waals surface area (Å²) in [5.41, 5.74) is 4.79. The van der Waals surface area contributed by atoms with Gasteiger partial charge in [-0.15, -0.1) is 0 Å². The van der Waals surface area contributed by atoms with Crippen LogP contribution < -0.4 is 0 Å². The average molecular weight is 345 g/mol. The summed E-state index contributed by atoms with van der Waals surface area (Å²) in [5, 5.41) is 11.0. The zero-order chi connectivity index (χ0) is 18.8. The van der Waals surface area contributed by atoms with Crippen LogP contribution in [0.2, 0.25) is 0 Å². The molecule has 2 aliphatic carbocycles. The van der Waals surface area contributed by atoms with E-state index in [0.717, 1.165) is 47.5 Å². The minimum absolute atomic E-state index is 0.115. The molecule has 2 heteroatoms. The molecule has 140 valence electrons. The Morgan fingerprint density at radius 2 is 1.76 bits per heavy atom. The number of allylic oxidation sites excluding steroid dienone is 4. The molecular formula is C23H36O2. The van der Waals surface area contributed by atoms with E-state index in [1.165, 1.54) is 25.7 Å². The maximum Gasteiger partial charge on any atom is 0.184 e. The van der Waals surface area contributed by atoms with Crippen LogP contribution in [-0.2, 0) is 4.79 Å². The van der Waals surface area contributed by atoms with E-state index in [9.17, 15) is 9.90 Å². The third kappa shape index (κ3) is 3.56. The summed E-state index contributed by atoms with van der Waals surface area (Å²) < 4.78 is 0. The molecule has 0 radical (unpaired) electrons. The summed E-state index contributed by atoms with van der Waals surface area (Å²) in [7, 11) is 0. The highest BCUT2D eigenvalue weighted by Crippen LogP contribution is 2.47. The van der Waals surface area contributed by atoms with Gasteiger partial charge in [0.25, 0.3) is 0 Å². The molecule has 1 saturated carbocycles. The van der Waals surface area contributed by atoms with Crippen molar-refractivity contribution in [2.24, 2.45) is 11.3 Å². The van der Waals surface area contributed by atoms with Crippen LogP contribution in [-0.4, -0.2) is 17.0 Å². The topological polar surface area (TPSA) is 37.3 Å². The molecule has 2 aliphatic rings. The highest BCUT2D eigenvalue weighted by Gasteiger charge is 2.40. The van der Waals surface area contributed by atoms with Crippen LogP contribution in [0, 0.1) is 11.3 Å². The van der Waals surface area contributed by atoms with Gasteiger partial charge in [0.2, 0.25) is 0 Å². The number of hydrogen-bond donors (Lipinski definition) is 1. The Kier molecular flexibility index (Phi) is 6.48. The third-order valence-electron chi connectivity index (χ3n) is 7.08. The number of aliphatic hydroxyl groups is 1. The SMILES string of the molecule is CCC1CCCC1=CCC(CC)(CC)C1=C(C)C(=O)C(C)=C(C)C1O. The Hall–Kier alpha value is -1.15. The smallest absolute Gasteiger partial charge is 0.184 e. The van der Waals surface area contributed by atoms with E-state index in [4.69, 9.17) is 0 Å². The van der Waals surface area contributed by atoms with Crippen LogP contribution >= 0.6 is 0 Å². The summed E-state index contributed by atoms with van der Waals surface area (Å²) in [6.07, 6.45) is 9.75. The number of carbonyl (C=O) groups is 1. The average Bonchev–Trinajstić information content (AvgIpc) is 3.09. The predicted octanol–water partition coefficient (Wildman–Crippen LogP) is 5.92. The second kappa shape index (κ2) is 8.03. The minimum Gasteiger partial charge on any atom is -0.384 e. The Balaban J connectivity index is 2.42. The van der Waals surface area contributed by atoms with Crippen molar-refractivity contribution in [3.05, 3.63) is 33.9 Å².